The van der Waals surface area contributed by atoms with E-state index in [2.05, 4.69) is 73.6 Å². The van der Waals surface area contributed by atoms with Crippen molar-refractivity contribution in [2.45, 2.75) is 75.0 Å². The average Bonchev–Trinajstić information content (AvgIpc) is 3.54. The molecule has 0 radical (unpaired) electrons. The van der Waals surface area contributed by atoms with Crippen molar-refractivity contribution in [1.82, 2.24) is 24.4 Å². The maximum atomic E-state index is 13.3. The summed E-state index contributed by atoms with van der Waals surface area (Å²) in [7, 11) is 0. The number of carbonyl (C=O) groups is 1. The van der Waals surface area contributed by atoms with Gasteiger partial charge in [-0.05, 0) is 48.4 Å². The number of halogens is 1. The first-order chi connectivity index (χ1) is 19.5. The topological polar surface area (TPSA) is 85.3 Å². The maximum Gasteiger partial charge on any atom is 0.160 e. The lowest BCUT2D eigenvalue weighted by molar-refractivity contribution is -0.118. The highest BCUT2D eigenvalue weighted by molar-refractivity contribution is 7.99. The van der Waals surface area contributed by atoms with Crippen LogP contribution in [-0.4, -0.2) is 35.3 Å². The molecule has 0 aliphatic carbocycles. The summed E-state index contributed by atoms with van der Waals surface area (Å²) in [6.45, 7) is 10.5. The lowest BCUT2D eigenvalue weighted by atomic mass is 9.92. The molecule has 5 aromatic rings. The van der Waals surface area contributed by atoms with Crippen molar-refractivity contribution in [3.8, 4) is 11.4 Å². The van der Waals surface area contributed by atoms with E-state index >= 15 is 0 Å². The second-order valence-corrected chi connectivity index (χ2v) is 13.1. The van der Waals surface area contributed by atoms with Gasteiger partial charge >= 0.3 is 0 Å². The van der Waals surface area contributed by atoms with Crippen molar-refractivity contribution in [2.75, 3.05) is 0 Å². The summed E-state index contributed by atoms with van der Waals surface area (Å²) in [5.41, 5.74) is 4.09. The Bertz CT molecular complexity index is 1720. The number of Topliss-reactive ketones (excluding diaryl/α,β-unsaturated/α-hetero) is 1. The zero-order valence-corrected chi connectivity index (χ0v) is 25.5. The molecular weight excluding hydrogens is 554 g/mol. The molecule has 41 heavy (non-hydrogen) atoms. The number of ketones is 1. The number of pyridine rings is 1. The molecule has 0 bridgehead atoms. The number of fused-ring (bicyclic) bond motifs is 1. The van der Waals surface area contributed by atoms with Gasteiger partial charge in [0.05, 0.1) is 22.1 Å². The van der Waals surface area contributed by atoms with Crippen LogP contribution in [0.15, 0.2) is 76.7 Å². The monoisotopic (exact) mass is 587 g/mol. The van der Waals surface area contributed by atoms with Gasteiger partial charge in [-0.3, -0.25) is 9.20 Å². The smallest absolute Gasteiger partial charge is 0.160 e. The number of phenolic OH excluding ortho intramolecular Hbond substituents is 1. The summed E-state index contributed by atoms with van der Waals surface area (Å²) in [4.78, 5) is 15.5. The number of aryl methyl sites for hydroxylation is 1. The number of carbonyl (C=O) groups excluding carboxylic acids is 1. The molecule has 3 heterocycles. The molecule has 0 saturated heterocycles. The number of hydrogen-bond acceptors (Lipinski definition) is 6. The number of aromatic hydroxyl groups is 1. The lowest BCUT2D eigenvalue weighted by Crippen LogP contribution is -2.12. The van der Waals surface area contributed by atoms with E-state index in [1.807, 2.05) is 24.3 Å². The minimum atomic E-state index is -0.195. The van der Waals surface area contributed by atoms with E-state index in [4.69, 9.17) is 16.7 Å². The molecule has 0 spiro atoms. The van der Waals surface area contributed by atoms with Crippen LogP contribution in [0.3, 0.4) is 0 Å². The van der Waals surface area contributed by atoms with Crippen LogP contribution >= 0.6 is 23.4 Å². The number of hydrogen-bond donors (Lipinski definition) is 1. The molecule has 1 N–H and O–H groups in total. The molecule has 0 fully saturated rings. The molecule has 0 amide bonds. The number of nitrogens with zero attached hydrogens (tertiary/aromatic N) is 5. The number of phenols is 1. The second-order valence-electron chi connectivity index (χ2n) is 11.5. The van der Waals surface area contributed by atoms with E-state index in [0.29, 0.717) is 18.5 Å². The minimum Gasteiger partial charge on any atom is -0.506 e. The Kier molecular flexibility index (Phi) is 8.25. The van der Waals surface area contributed by atoms with Crippen LogP contribution in [-0.2, 0) is 23.1 Å². The summed E-state index contributed by atoms with van der Waals surface area (Å²) in [5.74, 6) is 1.30. The first kappa shape index (κ1) is 28.9. The van der Waals surface area contributed by atoms with Gasteiger partial charge in [-0.1, -0.05) is 76.2 Å². The summed E-state index contributed by atoms with van der Waals surface area (Å²) >= 11 is 7.71. The third-order valence-electron chi connectivity index (χ3n) is 6.90. The van der Waals surface area contributed by atoms with Crippen molar-refractivity contribution in [1.29, 1.82) is 0 Å². The van der Waals surface area contributed by atoms with Gasteiger partial charge in [0.25, 0.3) is 0 Å². The van der Waals surface area contributed by atoms with E-state index in [1.165, 1.54) is 0 Å². The molecule has 0 saturated carbocycles. The maximum absolute atomic E-state index is 13.3. The zero-order valence-electron chi connectivity index (χ0n) is 23.9. The highest BCUT2D eigenvalue weighted by atomic mass is 35.5. The quantitative estimate of drug-likeness (QED) is 0.191. The van der Waals surface area contributed by atoms with Gasteiger partial charge in [0.15, 0.2) is 5.65 Å². The number of benzene rings is 2. The molecule has 9 heteroatoms. The predicted octanol–water partition coefficient (Wildman–Crippen LogP) is 7.59. The summed E-state index contributed by atoms with van der Waals surface area (Å²) in [6, 6.07) is 19.3. The fourth-order valence-electron chi connectivity index (χ4n) is 4.61. The van der Waals surface area contributed by atoms with E-state index in [-0.39, 0.29) is 34.3 Å². The highest BCUT2D eigenvalue weighted by Crippen LogP contribution is 2.32. The standard InChI is InChI=1S/C32H34ClN5O2S/c1-20(2)31-35-34-30-15-13-25(19-37(30)31)41-28-9-7-6-8-21(28)10-12-24(39)16-23-18-29(32(3,4)5)36-38(23)22-11-14-26(33)27(40)17-22/h6-9,11,13-15,17-20,40H,10,12,16H2,1-5H3. The van der Waals surface area contributed by atoms with Gasteiger partial charge in [0, 0.05) is 46.2 Å². The fourth-order valence-corrected chi connectivity index (χ4v) is 5.73. The van der Waals surface area contributed by atoms with Crippen molar-refractivity contribution in [3.05, 3.63) is 94.7 Å². The summed E-state index contributed by atoms with van der Waals surface area (Å²) in [6.07, 6.45) is 3.36. The predicted molar refractivity (Wildman–Crippen MR) is 164 cm³/mol. The van der Waals surface area contributed by atoms with Crippen LogP contribution in [0.25, 0.3) is 11.3 Å². The minimum absolute atomic E-state index is 0.0211. The lowest BCUT2D eigenvalue weighted by Gasteiger charge is -2.14. The Morgan fingerprint density at radius 2 is 1.83 bits per heavy atom. The SMILES string of the molecule is CC(C)c1nnc2ccc(Sc3ccccc3CCC(=O)Cc3cc(C(C)(C)C)nn3-c3ccc(Cl)c(O)c3)cn12. The van der Waals surface area contributed by atoms with Crippen LogP contribution in [0.2, 0.25) is 5.02 Å². The first-order valence-corrected chi connectivity index (χ1v) is 14.9. The average molecular weight is 588 g/mol. The molecule has 212 valence electrons. The fraction of sp³-hybridized carbons (Fsp3) is 0.312. The Labute approximate surface area is 249 Å². The van der Waals surface area contributed by atoms with Crippen LogP contribution in [0.5, 0.6) is 5.75 Å². The first-order valence-electron chi connectivity index (χ1n) is 13.7. The van der Waals surface area contributed by atoms with Gasteiger partial charge in [0.2, 0.25) is 0 Å². The molecule has 3 aromatic heterocycles. The Morgan fingerprint density at radius 3 is 2.56 bits per heavy atom. The van der Waals surface area contributed by atoms with Crippen LogP contribution < -0.4 is 0 Å². The van der Waals surface area contributed by atoms with Crippen molar-refractivity contribution >= 4 is 34.8 Å². The third-order valence-corrected chi connectivity index (χ3v) is 8.31. The van der Waals surface area contributed by atoms with Crippen LogP contribution in [0.1, 0.15) is 69.7 Å². The molecule has 5 rings (SSSR count). The van der Waals surface area contributed by atoms with E-state index in [9.17, 15) is 9.90 Å². The van der Waals surface area contributed by atoms with E-state index in [0.717, 1.165) is 38.2 Å². The molecule has 2 aromatic carbocycles. The van der Waals surface area contributed by atoms with Gasteiger partial charge in [-0.15, -0.1) is 10.2 Å². The third kappa shape index (κ3) is 6.49. The second kappa shape index (κ2) is 11.7. The van der Waals surface area contributed by atoms with Gasteiger partial charge < -0.3 is 5.11 Å². The van der Waals surface area contributed by atoms with E-state index < -0.39 is 0 Å². The number of aromatic nitrogens is 5. The Balaban J connectivity index is 1.33. The van der Waals surface area contributed by atoms with E-state index in [1.54, 1.807) is 34.6 Å². The molecular formula is C32H34ClN5O2S. The Hall–Kier alpha value is -3.62. The highest BCUT2D eigenvalue weighted by Gasteiger charge is 2.22. The largest absolute Gasteiger partial charge is 0.506 e. The van der Waals surface area contributed by atoms with Gasteiger partial charge in [-0.25, -0.2) is 4.68 Å². The zero-order chi connectivity index (χ0) is 29.3. The molecule has 0 aliphatic heterocycles. The van der Waals surface area contributed by atoms with Crippen molar-refractivity contribution < 1.29 is 9.90 Å². The molecule has 0 atom stereocenters. The molecule has 0 aliphatic rings. The summed E-state index contributed by atoms with van der Waals surface area (Å²) in [5, 5.41) is 23.8. The van der Waals surface area contributed by atoms with Gasteiger partial charge in [0.1, 0.15) is 17.4 Å². The molecule has 7 nitrogen and oxygen atoms in total. The van der Waals surface area contributed by atoms with Crippen molar-refractivity contribution in [3.63, 3.8) is 0 Å². The van der Waals surface area contributed by atoms with Crippen molar-refractivity contribution in [2.24, 2.45) is 0 Å². The molecule has 0 unspecified atom stereocenters. The normalized spacial score (nSPS) is 12.0. The number of rotatable bonds is 9. The summed E-state index contributed by atoms with van der Waals surface area (Å²) < 4.78 is 3.79. The van der Waals surface area contributed by atoms with Gasteiger partial charge in [-0.2, -0.15) is 5.10 Å². The van der Waals surface area contributed by atoms with Crippen LogP contribution in [0.4, 0.5) is 0 Å². The van der Waals surface area contributed by atoms with Crippen LogP contribution in [0, 0.1) is 0 Å². The Morgan fingerprint density at radius 1 is 1.05 bits per heavy atom.